The van der Waals surface area contributed by atoms with Gasteiger partial charge in [0.15, 0.2) is 0 Å². The molecule has 9 heteroatoms. The second kappa shape index (κ2) is 10.4. The van der Waals surface area contributed by atoms with E-state index in [4.69, 9.17) is 28.2 Å². The van der Waals surface area contributed by atoms with Gasteiger partial charge < -0.3 is 15.3 Å². The van der Waals surface area contributed by atoms with Crippen LogP contribution in [0.4, 0.5) is 11.5 Å². The second-order valence-electron chi connectivity index (χ2n) is 8.25. The van der Waals surface area contributed by atoms with Gasteiger partial charge in [-0.25, -0.2) is 9.97 Å². The van der Waals surface area contributed by atoms with Crippen LogP contribution in [0.2, 0.25) is 10.0 Å². The molecule has 0 aliphatic carbocycles. The Morgan fingerprint density at radius 3 is 2.38 bits per heavy atom. The van der Waals surface area contributed by atoms with Crippen molar-refractivity contribution in [2.24, 2.45) is 0 Å². The number of anilines is 2. The van der Waals surface area contributed by atoms with E-state index in [2.05, 4.69) is 15.2 Å². The van der Waals surface area contributed by atoms with E-state index in [1.807, 2.05) is 31.2 Å². The van der Waals surface area contributed by atoms with Crippen molar-refractivity contribution in [1.82, 2.24) is 9.97 Å². The fraction of sp³-hybridized carbons (Fsp3) is 0.280. The second-order valence-corrected chi connectivity index (χ2v) is 9.06. The molecule has 176 valence electrons. The summed E-state index contributed by atoms with van der Waals surface area (Å²) in [6.45, 7) is 3.58. The fourth-order valence-corrected chi connectivity index (χ4v) is 4.29. The zero-order chi connectivity index (χ0) is 24.2. The van der Waals surface area contributed by atoms with E-state index in [1.165, 1.54) is 6.07 Å². The number of aromatic nitrogens is 2. The van der Waals surface area contributed by atoms with Crippen molar-refractivity contribution >= 4 is 46.6 Å². The molecule has 2 aromatic carbocycles. The van der Waals surface area contributed by atoms with Crippen molar-refractivity contribution in [3.63, 3.8) is 0 Å². The number of carboxylic acid groups (broad SMARTS) is 1. The summed E-state index contributed by atoms with van der Waals surface area (Å²) >= 11 is 11.9. The number of hydrogen-bond acceptors (Lipinski definition) is 5. The highest BCUT2D eigenvalue weighted by Gasteiger charge is 2.22. The largest absolute Gasteiger partial charge is 0.481 e. The number of aliphatic carboxylic acids is 1. The Hall–Kier alpha value is -3.16. The average molecular weight is 499 g/mol. The van der Waals surface area contributed by atoms with E-state index in [1.54, 1.807) is 12.1 Å². The maximum absolute atomic E-state index is 12.5. The first-order valence-electron chi connectivity index (χ1n) is 11.0. The minimum absolute atomic E-state index is 0.0921. The maximum Gasteiger partial charge on any atom is 0.308 e. The molecule has 0 atom stereocenters. The highest BCUT2D eigenvalue weighted by molar-refractivity contribution is 6.42. The predicted octanol–water partition coefficient (Wildman–Crippen LogP) is 5.16. The zero-order valence-electron chi connectivity index (χ0n) is 18.6. The van der Waals surface area contributed by atoms with Gasteiger partial charge in [-0.3, -0.25) is 9.59 Å². The monoisotopic (exact) mass is 498 g/mol. The molecular weight excluding hydrogens is 475 g/mol. The van der Waals surface area contributed by atoms with Gasteiger partial charge >= 0.3 is 5.97 Å². The summed E-state index contributed by atoms with van der Waals surface area (Å²) in [4.78, 5) is 35.3. The number of aryl methyl sites for hydroxylation is 1. The standard InChI is InChI=1S/C25H24Cl2N4O3/c1-15-19(14-23(32)33)24(31-10-2-3-11-31)30-22(28-15)12-16-4-7-18(8-5-16)29-25(34)17-6-9-20(26)21(27)13-17/h4-9,13H,2-3,10-12,14H2,1H3,(H,29,34)(H,32,33). The summed E-state index contributed by atoms with van der Waals surface area (Å²) in [5.41, 5.74) is 3.41. The lowest BCUT2D eigenvalue weighted by atomic mass is 10.1. The third-order valence-electron chi connectivity index (χ3n) is 5.73. The first-order valence-corrected chi connectivity index (χ1v) is 11.7. The van der Waals surface area contributed by atoms with E-state index >= 15 is 0 Å². The lowest BCUT2D eigenvalue weighted by Crippen LogP contribution is -2.23. The van der Waals surface area contributed by atoms with E-state index in [-0.39, 0.29) is 12.3 Å². The molecular formula is C25H24Cl2N4O3. The minimum Gasteiger partial charge on any atom is -0.481 e. The van der Waals surface area contributed by atoms with Crippen molar-refractivity contribution in [2.45, 2.75) is 32.6 Å². The Kier molecular flexibility index (Phi) is 7.34. The van der Waals surface area contributed by atoms with Gasteiger partial charge in [-0.1, -0.05) is 35.3 Å². The smallest absolute Gasteiger partial charge is 0.308 e. The Bertz CT molecular complexity index is 1230. The number of carbonyl (C=O) groups excluding carboxylic acids is 1. The van der Waals surface area contributed by atoms with Crippen molar-refractivity contribution in [3.8, 4) is 0 Å². The summed E-state index contributed by atoms with van der Waals surface area (Å²) in [6, 6.07) is 12.2. The first kappa shape index (κ1) is 24.0. The summed E-state index contributed by atoms with van der Waals surface area (Å²) in [5.74, 6) is 0.196. The van der Waals surface area contributed by atoms with Crippen LogP contribution in [-0.2, 0) is 17.6 Å². The SMILES string of the molecule is Cc1nc(Cc2ccc(NC(=O)c3ccc(Cl)c(Cl)c3)cc2)nc(N2CCCC2)c1CC(=O)O. The van der Waals surface area contributed by atoms with Crippen molar-refractivity contribution in [2.75, 3.05) is 23.3 Å². The lowest BCUT2D eigenvalue weighted by Gasteiger charge is -2.21. The van der Waals surface area contributed by atoms with E-state index in [9.17, 15) is 14.7 Å². The van der Waals surface area contributed by atoms with Gasteiger partial charge in [-0.05, 0) is 55.7 Å². The van der Waals surface area contributed by atoms with Crippen LogP contribution >= 0.6 is 23.2 Å². The molecule has 3 aromatic rings. The molecule has 1 amide bonds. The quantitative estimate of drug-likeness (QED) is 0.466. The molecule has 1 aromatic heterocycles. The molecule has 7 nitrogen and oxygen atoms in total. The molecule has 2 N–H and O–H groups in total. The Morgan fingerprint density at radius 2 is 1.74 bits per heavy atom. The molecule has 0 bridgehead atoms. The number of amides is 1. The number of nitrogens with zero attached hydrogens (tertiary/aromatic N) is 3. The van der Waals surface area contributed by atoms with Crippen molar-refractivity contribution in [3.05, 3.63) is 80.7 Å². The number of hydrogen-bond donors (Lipinski definition) is 2. The lowest BCUT2D eigenvalue weighted by molar-refractivity contribution is -0.136. The van der Waals surface area contributed by atoms with E-state index in [0.29, 0.717) is 44.8 Å². The van der Waals surface area contributed by atoms with Crippen LogP contribution in [0.15, 0.2) is 42.5 Å². The molecule has 1 aliphatic rings. The highest BCUT2D eigenvalue weighted by atomic mass is 35.5. The van der Waals surface area contributed by atoms with Crippen LogP contribution in [0.1, 0.15) is 45.8 Å². The summed E-state index contributed by atoms with van der Waals surface area (Å²) in [5, 5.41) is 12.9. The third kappa shape index (κ3) is 5.66. The number of halogens is 2. The van der Waals surface area contributed by atoms with Gasteiger partial charge in [0, 0.05) is 42.0 Å². The van der Waals surface area contributed by atoms with E-state index in [0.717, 1.165) is 37.3 Å². The molecule has 34 heavy (non-hydrogen) atoms. The molecule has 1 aliphatic heterocycles. The number of nitrogens with one attached hydrogen (secondary N) is 1. The Morgan fingerprint density at radius 1 is 1.03 bits per heavy atom. The van der Waals surface area contributed by atoms with Crippen LogP contribution in [0, 0.1) is 6.92 Å². The van der Waals surface area contributed by atoms with Crippen LogP contribution in [-0.4, -0.2) is 40.0 Å². The normalized spacial score (nSPS) is 13.2. The zero-order valence-corrected chi connectivity index (χ0v) is 20.2. The van der Waals surface area contributed by atoms with Gasteiger partial charge in [0.1, 0.15) is 11.6 Å². The molecule has 0 saturated carbocycles. The summed E-state index contributed by atoms with van der Waals surface area (Å²) in [7, 11) is 0. The number of rotatable bonds is 7. The molecule has 4 rings (SSSR count). The van der Waals surface area contributed by atoms with Crippen LogP contribution < -0.4 is 10.2 Å². The maximum atomic E-state index is 12.5. The van der Waals surface area contributed by atoms with E-state index < -0.39 is 5.97 Å². The van der Waals surface area contributed by atoms with Gasteiger partial charge in [0.25, 0.3) is 5.91 Å². The number of carbonyl (C=O) groups is 2. The first-order chi connectivity index (χ1) is 16.3. The van der Waals surface area contributed by atoms with Gasteiger partial charge in [0.2, 0.25) is 0 Å². The summed E-state index contributed by atoms with van der Waals surface area (Å²) < 4.78 is 0. The molecule has 1 fully saturated rings. The molecule has 0 spiro atoms. The fourth-order valence-electron chi connectivity index (χ4n) is 3.99. The topological polar surface area (TPSA) is 95.4 Å². The Balaban J connectivity index is 1.50. The number of carboxylic acids is 1. The molecule has 1 saturated heterocycles. The van der Waals surface area contributed by atoms with Gasteiger partial charge in [-0.2, -0.15) is 0 Å². The summed E-state index contributed by atoms with van der Waals surface area (Å²) in [6.07, 6.45) is 2.54. The number of benzene rings is 2. The average Bonchev–Trinajstić information content (AvgIpc) is 3.33. The van der Waals surface area contributed by atoms with Crippen LogP contribution in [0.5, 0.6) is 0 Å². The van der Waals surface area contributed by atoms with Gasteiger partial charge in [-0.15, -0.1) is 0 Å². The Labute approximate surface area is 207 Å². The predicted molar refractivity (Wildman–Crippen MR) is 133 cm³/mol. The molecule has 0 radical (unpaired) electrons. The van der Waals surface area contributed by atoms with Crippen LogP contribution in [0.25, 0.3) is 0 Å². The van der Waals surface area contributed by atoms with Crippen molar-refractivity contribution < 1.29 is 14.7 Å². The highest BCUT2D eigenvalue weighted by Crippen LogP contribution is 2.26. The molecule has 0 unspecified atom stereocenters. The third-order valence-corrected chi connectivity index (χ3v) is 6.47. The van der Waals surface area contributed by atoms with Gasteiger partial charge in [0.05, 0.1) is 16.5 Å². The van der Waals surface area contributed by atoms with Crippen molar-refractivity contribution in [1.29, 1.82) is 0 Å². The molecule has 2 heterocycles. The minimum atomic E-state index is -0.890. The van der Waals surface area contributed by atoms with Crippen LogP contribution in [0.3, 0.4) is 0 Å².